The van der Waals surface area contributed by atoms with E-state index in [1.165, 1.54) is 53.0 Å². The van der Waals surface area contributed by atoms with Crippen molar-refractivity contribution in [3.05, 3.63) is 51.2 Å². The highest BCUT2D eigenvalue weighted by atomic mass is 32.2. The fourth-order valence-corrected chi connectivity index (χ4v) is 4.55. The minimum Gasteiger partial charge on any atom is -0.450 e. The third-order valence-electron chi connectivity index (χ3n) is 4.07. The predicted molar refractivity (Wildman–Crippen MR) is 100 cm³/mol. The van der Waals surface area contributed by atoms with Crippen molar-refractivity contribution in [2.75, 3.05) is 11.0 Å². The van der Waals surface area contributed by atoms with Crippen LogP contribution >= 0.6 is 11.3 Å². The summed E-state index contributed by atoms with van der Waals surface area (Å²) in [5, 5.41) is 0. The van der Waals surface area contributed by atoms with Gasteiger partial charge >= 0.3 is 5.97 Å². The van der Waals surface area contributed by atoms with Crippen LogP contribution in [0.15, 0.2) is 30.3 Å². The van der Waals surface area contributed by atoms with Crippen molar-refractivity contribution < 1.29 is 22.7 Å². The number of benzene rings is 1. The Kier molecular flexibility index (Phi) is 5.15. The number of ketones is 1. The lowest BCUT2D eigenvalue weighted by Crippen LogP contribution is -2.24. The molecule has 0 saturated carbocycles. The first-order chi connectivity index (χ1) is 12.2. The van der Waals surface area contributed by atoms with Crippen molar-refractivity contribution in [2.45, 2.75) is 32.3 Å². The van der Waals surface area contributed by atoms with Crippen molar-refractivity contribution in [1.29, 1.82) is 0 Å². The maximum atomic E-state index is 12.4. The molecule has 26 heavy (non-hydrogen) atoms. The van der Waals surface area contributed by atoms with E-state index in [0.717, 1.165) is 25.5 Å². The Balaban J connectivity index is 1.64. The molecule has 1 heterocycles. The van der Waals surface area contributed by atoms with Gasteiger partial charge in [-0.25, -0.2) is 13.2 Å². The summed E-state index contributed by atoms with van der Waals surface area (Å²) in [7, 11) is -3.38. The standard InChI is InChI=1S/C18H19NO5S2/c1-11(24-18(21)16-10-13-4-3-5-15(13)25-16)17(20)12-6-8-14(9-7-12)19-26(2,22)23/h6-11,19H,3-5H2,1-2H3. The maximum Gasteiger partial charge on any atom is 0.349 e. The number of ether oxygens (including phenoxy) is 1. The van der Waals surface area contributed by atoms with Crippen molar-refractivity contribution >= 4 is 38.8 Å². The molecule has 0 fully saturated rings. The molecule has 1 N–H and O–H groups in total. The predicted octanol–water partition coefficient (Wildman–Crippen LogP) is 3.04. The summed E-state index contributed by atoms with van der Waals surface area (Å²) in [6.07, 6.45) is 3.23. The zero-order chi connectivity index (χ0) is 18.9. The molecular weight excluding hydrogens is 374 g/mol. The van der Waals surface area contributed by atoms with E-state index in [9.17, 15) is 18.0 Å². The van der Waals surface area contributed by atoms with E-state index < -0.39 is 22.1 Å². The van der Waals surface area contributed by atoms with Gasteiger partial charge in [0.05, 0.1) is 6.26 Å². The molecule has 0 spiro atoms. The third-order valence-corrected chi connectivity index (χ3v) is 5.90. The van der Waals surface area contributed by atoms with Gasteiger partial charge in [-0.2, -0.15) is 0 Å². The normalized spacial score (nSPS) is 14.5. The van der Waals surface area contributed by atoms with Gasteiger partial charge in [0.15, 0.2) is 6.10 Å². The number of anilines is 1. The number of thiophene rings is 1. The van der Waals surface area contributed by atoms with Gasteiger partial charge in [0.1, 0.15) is 4.88 Å². The number of sulfonamides is 1. The van der Waals surface area contributed by atoms with Crippen LogP contribution in [0.4, 0.5) is 5.69 Å². The van der Waals surface area contributed by atoms with Gasteiger partial charge in [-0.3, -0.25) is 9.52 Å². The van der Waals surface area contributed by atoms with E-state index in [-0.39, 0.29) is 5.78 Å². The first kappa shape index (κ1) is 18.6. The minimum atomic E-state index is -3.38. The van der Waals surface area contributed by atoms with Gasteiger partial charge < -0.3 is 4.74 Å². The van der Waals surface area contributed by atoms with Crippen LogP contribution in [0.2, 0.25) is 0 Å². The Morgan fingerprint density at radius 1 is 1.19 bits per heavy atom. The van der Waals surface area contributed by atoms with Gasteiger partial charge in [0.2, 0.25) is 15.8 Å². The molecular formula is C18H19NO5S2. The molecule has 1 atom stereocenters. The first-order valence-electron chi connectivity index (χ1n) is 8.17. The highest BCUT2D eigenvalue weighted by Gasteiger charge is 2.24. The van der Waals surface area contributed by atoms with E-state index in [2.05, 4.69) is 4.72 Å². The van der Waals surface area contributed by atoms with Crippen molar-refractivity contribution in [1.82, 2.24) is 0 Å². The molecule has 1 aromatic heterocycles. The highest BCUT2D eigenvalue weighted by Crippen LogP contribution is 2.31. The first-order valence-corrected chi connectivity index (χ1v) is 10.9. The number of rotatable bonds is 6. The van der Waals surface area contributed by atoms with Gasteiger partial charge in [0.25, 0.3) is 0 Å². The lowest BCUT2D eigenvalue weighted by molar-refractivity contribution is 0.0323. The summed E-state index contributed by atoms with van der Waals surface area (Å²) < 4.78 is 30.0. The van der Waals surface area contributed by atoms with Crippen LogP contribution in [-0.2, 0) is 27.6 Å². The Labute approximate surface area is 156 Å². The lowest BCUT2D eigenvalue weighted by atomic mass is 10.1. The Hall–Kier alpha value is -2.19. The fourth-order valence-electron chi connectivity index (χ4n) is 2.85. The van der Waals surface area contributed by atoms with Crippen LogP contribution in [0.3, 0.4) is 0 Å². The number of esters is 1. The van der Waals surface area contributed by atoms with Crippen molar-refractivity contribution in [2.24, 2.45) is 0 Å². The molecule has 1 aliphatic rings. The Morgan fingerprint density at radius 3 is 2.50 bits per heavy atom. The molecule has 0 radical (unpaired) electrons. The zero-order valence-corrected chi connectivity index (χ0v) is 16.1. The molecule has 2 aromatic rings. The number of hydrogen-bond donors (Lipinski definition) is 1. The van der Waals surface area contributed by atoms with Gasteiger partial charge in [-0.1, -0.05) is 0 Å². The molecule has 6 nitrogen and oxygen atoms in total. The fraction of sp³-hybridized carbons (Fsp3) is 0.333. The van der Waals surface area contributed by atoms with E-state index in [4.69, 9.17) is 4.74 Å². The van der Waals surface area contributed by atoms with Gasteiger partial charge in [-0.05, 0) is 62.1 Å². The minimum absolute atomic E-state index is 0.339. The molecule has 8 heteroatoms. The molecule has 0 bridgehead atoms. The summed E-state index contributed by atoms with van der Waals surface area (Å²) in [6, 6.07) is 7.84. The third kappa shape index (κ3) is 4.31. The molecule has 138 valence electrons. The zero-order valence-electron chi connectivity index (χ0n) is 14.4. The van der Waals surface area contributed by atoms with Gasteiger partial charge in [0, 0.05) is 16.1 Å². The number of Topliss-reactive ketones (excluding diaryl/α,β-unsaturated/α-hetero) is 1. The molecule has 0 aliphatic heterocycles. The summed E-state index contributed by atoms with van der Waals surface area (Å²) >= 11 is 1.44. The van der Waals surface area contributed by atoms with Crippen molar-refractivity contribution in [3.8, 4) is 0 Å². The average Bonchev–Trinajstić information content (AvgIpc) is 3.15. The SMILES string of the molecule is CC(OC(=O)c1cc2c(s1)CCC2)C(=O)c1ccc(NS(C)(=O)=O)cc1. The van der Waals surface area contributed by atoms with E-state index in [1.807, 2.05) is 6.07 Å². The summed E-state index contributed by atoms with van der Waals surface area (Å²) in [5.41, 5.74) is 1.91. The number of hydrogen-bond acceptors (Lipinski definition) is 6. The summed E-state index contributed by atoms with van der Waals surface area (Å²) in [4.78, 5) is 26.5. The molecule has 1 aromatic carbocycles. The van der Waals surface area contributed by atoms with Crippen molar-refractivity contribution in [3.63, 3.8) is 0 Å². The van der Waals surface area contributed by atoms with Crippen LogP contribution < -0.4 is 4.72 Å². The molecule has 0 amide bonds. The summed E-state index contributed by atoms with van der Waals surface area (Å²) in [5.74, 6) is -0.825. The van der Waals surface area contributed by atoms with Crippen LogP contribution in [-0.4, -0.2) is 32.5 Å². The number of fused-ring (bicyclic) bond motifs is 1. The van der Waals surface area contributed by atoms with E-state index in [1.54, 1.807) is 0 Å². The maximum absolute atomic E-state index is 12.4. The monoisotopic (exact) mass is 393 g/mol. The number of carbonyl (C=O) groups is 2. The number of aryl methyl sites for hydroxylation is 2. The highest BCUT2D eigenvalue weighted by molar-refractivity contribution is 7.92. The second-order valence-corrected chi connectivity index (χ2v) is 9.16. The van der Waals surface area contributed by atoms with Crippen LogP contribution in [0.25, 0.3) is 0 Å². The number of carbonyl (C=O) groups excluding carboxylic acids is 2. The average molecular weight is 393 g/mol. The molecule has 1 unspecified atom stereocenters. The second kappa shape index (κ2) is 7.20. The molecule has 3 rings (SSSR count). The van der Waals surface area contributed by atoms with Gasteiger partial charge in [-0.15, -0.1) is 11.3 Å². The largest absolute Gasteiger partial charge is 0.450 e. The summed E-state index contributed by atoms with van der Waals surface area (Å²) in [6.45, 7) is 1.53. The topological polar surface area (TPSA) is 89.5 Å². The Morgan fingerprint density at radius 2 is 1.88 bits per heavy atom. The molecule has 1 aliphatic carbocycles. The quantitative estimate of drug-likeness (QED) is 0.602. The number of nitrogens with one attached hydrogen (secondary N) is 1. The van der Waals surface area contributed by atoms with Crippen LogP contribution in [0.1, 0.15) is 43.8 Å². The smallest absolute Gasteiger partial charge is 0.349 e. The molecule has 0 saturated heterocycles. The van der Waals surface area contributed by atoms with E-state index >= 15 is 0 Å². The Bertz CT molecular complexity index is 923. The second-order valence-electron chi connectivity index (χ2n) is 6.28. The van der Waals surface area contributed by atoms with Crippen LogP contribution in [0.5, 0.6) is 0 Å². The van der Waals surface area contributed by atoms with Crippen LogP contribution in [0, 0.1) is 0 Å². The van der Waals surface area contributed by atoms with E-state index in [0.29, 0.717) is 16.1 Å². The lowest BCUT2D eigenvalue weighted by Gasteiger charge is -2.12.